The van der Waals surface area contributed by atoms with E-state index in [1.54, 1.807) is 0 Å². The van der Waals surface area contributed by atoms with Gasteiger partial charge in [-0.05, 0) is 61.3 Å². The predicted molar refractivity (Wildman–Crippen MR) is 113 cm³/mol. The number of aryl methyl sites for hydroxylation is 2. The van der Waals surface area contributed by atoms with Crippen molar-refractivity contribution < 1.29 is 24.3 Å². The van der Waals surface area contributed by atoms with Gasteiger partial charge in [0.25, 0.3) is 0 Å². The van der Waals surface area contributed by atoms with Crippen LogP contribution in [0.25, 0.3) is 0 Å². The van der Waals surface area contributed by atoms with Crippen molar-refractivity contribution in [2.24, 2.45) is 9.50 Å². The number of aromatic nitrogens is 1. The molecule has 0 radical (unpaired) electrons. The van der Waals surface area contributed by atoms with Gasteiger partial charge < -0.3 is 20.6 Å². The first-order valence-corrected chi connectivity index (χ1v) is 12.0. The Bertz CT molecular complexity index is 1150. The van der Waals surface area contributed by atoms with Crippen molar-refractivity contribution in [2.45, 2.75) is 55.4 Å². The number of nitrogens with one attached hydrogen (secondary N) is 1. The third-order valence-corrected chi connectivity index (χ3v) is 8.86. The van der Waals surface area contributed by atoms with Crippen molar-refractivity contribution in [3.63, 3.8) is 0 Å². The first-order valence-electron chi connectivity index (χ1n) is 9.63. The molecular formula is C19H24N4O5S2. The topological polar surface area (TPSA) is 158 Å². The van der Waals surface area contributed by atoms with Gasteiger partial charge in [-0.1, -0.05) is 6.07 Å². The molecule has 2 amide bonds. The number of nitrogens with zero attached hydrogens (tertiary/aromatic N) is 2. The first-order chi connectivity index (χ1) is 14.2. The number of carbonyl (C=O) groups excluding carboxylic acids is 1. The zero-order valence-corrected chi connectivity index (χ0v) is 18.1. The third-order valence-electron chi connectivity index (χ3n) is 5.54. The highest BCUT2D eigenvalue weighted by Gasteiger charge is 2.31. The predicted octanol–water partition coefficient (Wildman–Crippen LogP) is 1.36. The smallest absolute Gasteiger partial charge is 0.354 e. The molecule has 2 unspecified atom stereocenters. The van der Waals surface area contributed by atoms with Crippen LogP contribution in [-0.4, -0.2) is 37.2 Å². The molecule has 2 aliphatic carbocycles. The second kappa shape index (κ2) is 7.66. The number of anilines is 1. The van der Waals surface area contributed by atoms with Gasteiger partial charge in [0.1, 0.15) is 14.8 Å². The van der Waals surface area contributed by atoms with Crippen LogP contribution in [0.1, 0.15) is 46.3 Å². The van der Waals surface area contributed by atoms with Crippen LogP contribution in [-0.2, 0) is 47.8 Å². The minimum Gasteiger partial charge on any atom is -0.393 e. The van der Waals surface area contributed by atoms with Crippen LogP contribution < -0.4 is 10.5 Å². The standard InChI is InChI=1S/C19H24N4O5S2/c1-19(27,9-25)17-21-14(8-24)16(29-17)30(20,28)23-18(26)22-15-12-4-2-3-10(12)7-11-5-6-13(11)15/h7,24-25,27H,2-6,8-9H2,1H3,(H3,20,22,23,26,28). The molecule has 0 saturated carbocycles. The molecule has 2 aromatic rings. The van der Waals surface area contributed by atoms with E-state index in [-0.39, 0.29) is 14.9 Å². The maximum Gasteiger partial charge on any atom is 0.354 e. The number of hydrogen-bond acceptors (Lipinski definition) is 7. The number of carbonyl (C=O) groups is 1. The van der Waals surface area contributed by atoms with Gasteiger partial charge in [0.15, 0.2) is 9.92 Å². The number of aliphatic hydroxyl groups excluding tert-OH is 2. The average Bonchev–Trinajstić information content (AvgIpc) is 3.31. The number of nitrogens with two attached hydrogens (primary N) is 1. The van der Waals surface area contributed by atoms with E-state index in [2.05, 4.69) is 20.7 Å². The average molecular weight is 453 g/mol. The Kier molecular flexibility index (Phi) is 5.45. The molecule has 30 heavy (non-hydrogen) atoms. The largest absolute Gasteiger partial charge is 0.393 e. The van der Waals surface area contributed by atoms with Gasteiger partial charge in [-0.25, -0.2) is 19.1 Å². The van der Waals surface area contributed by atoms with Crippen LogP contribution in [0.2, 0.25) is 0 Å². The van der Waals surface area contributed by atoms with E-state index >= 15 is 0 Å². The number of aliphatic hydroxyl groups is 3. The highest BCUT2D eigenvalue weighted by molar-refractivity contribution is 7.93. The summed E-state index contributed by atoms with van der Waals surface area (Å²) in [5.74, 6) is 0. The highest BCUT2D eigenvalue weighted by Crippen LogP contribution is 2.40. The fourth-order valence-corrected chi connectivity index (χ4v) is 6.35. The van der Waals surface area contributed by atoms with Gasteiger partial charge in [0, 0.05) is 5.69 Å². The van der Waals surface area contributed by atoms with Crippen LogP contribution >= 0.6 is 11.3 Å². The summed E-state index contributed by atoms with van der Waals surface area (Å²) in [5.41, 5.74) is 3.67. The van der Waals surface area contributed by atoms with Gasteiger partial charge in [0.2, 0.25) is 0 Å². The Balaban J connectivity index is 1.67. The van der Waals surface area contributed by atoms with Crippen LogP contribution in [0.5, 0.6) is 0 Å². The lowest BCUT2D eigenvalue weighted by molar-refractivity contribution is -0.00264. The quantitative estimate of drug-likeness (QED) is 0.461. The van der Waals surface area contributed by atoms with Crippen molar-refractivity contribution in [1.82, 2.24) is 4.98 Å². The Morgan fingerprint density at radius 1 is 1.30 bits per heavy atom. The molecule has 0 aliphatic heterocycles. The molecule has 4 rings (SSSR count). The molecule has 1 aromatic heterocycles. The monoisotopic (exact) mass is 452 g/mol. The second-order valence-corrected chi connectivity index (χ2v) is 10.8. The normalized spacial score (nSPS) is 18.6. The molecule has 0 bridgehead atoms. The van der Waals surface area contributed by atoms with E-state index in [0.717, 1.165) is 60.3 Å². The van der Waals surface area contributed by atoms with Crippen LogP contribution in [0, 0.1) is 0 Å². The van der Waals surface area contributed by atoms with Crippen LogP contribution in [0.4, 0.5) is 10.5 Å². The van der Waals surface area contributed by atoms with Crippen molar-refractivity contribution in [1.29, 1.82) is 0 Å². The number of rotatable bonds is 5. The molecule has 2 aliphatic rings. The second-order valence-electron chi connectivity index (χ2n) is 7.81. The molecule has 162 valence electrons. The molecule has 2 atom stereocenters. The van der Waals surface area contributed by atoms with E-state index in [1.165, 1.54) is 18.1 Å². The van der Waals surface area contributed by atoms with Crippen molar-refractivity contribution >= 4 is 33.0 Å². The summed E-state index contributed by atoms with van der Waals surface area (Å²) < 4.78 is 16.7. The lowest BCUT2D eigenvalue weighted by Gasteiger charge is -2.25. The summed E-state index contributed by atoms with van der Waals surface area (Å²) in [5, 5.41) is 37.8. The van der Waals surface area contributed by atoms with E-state index in [9.17, 15) is 24.3 Å². The van der Waals surface area contributed by atoms with Gasteiger partial charge in [-0.2, -0.15) is 0 Å². The summed E-state index contributed by atoms with van der Waals surface area (Å²) >= 11 is 0.752. The number of amides is 2. The highest BCUT2D eigenvalue weighted by atomic mass is 32.2. The summed E-state index contributed by atoms with van der Waals surface area (Å²) in [6.45, 7) is 0.101. The number of thiazole rings is 1. The summed E-state index contributed by atoms with van der Waals surface area (Å²) in [6, 6.07) is 1.38. The molecule has 0 saturated heterocycles. The molecule has 1 aromatic carbocycles. The molecule has 9 nitrogen and oxygen atoms in total. The zero-order valence-electron chi connectivity index (χ0n) is 16.5. The van der Waals surface area contributed by atoms with Gasteiger partial charge in [-0.3, -0.25) is 0 Å². The lowest BCUT2D eigenvalue weighted by atomic mass is 9.83. The van der Waals surface area contributed by atoms with Crippen LogP contribution in [0.3, 0.4) is 0 Å². The number of benzene rings is 1. The number of hydrogen-bond donors (Lipinski definition) is 5. The fourth-order valence-electron chi connectivity index (χ4n) is 3.85. The number of urea groups is 1. The maximum absolute atomic E-state index is 13.1. The van der Waals surface area contributed by atoms with E-state index in [4.69, 9.17) is 5.14 Å². The number of fused-ring (bicyclic) bond motifs is 2. The molecule has 1 heterocycles. The lowest BCUT2D eigenvalue weighted by Crippen LogP contribution is -2.25. The summed E-state index contributed by atoms with van der Waals surface area (Å²) in [4.78, 5) is 16.7. The van der Waals surface area contributed by atoms with Crippen molar-refractivity contribution in [2.75, 3.05) is 11.9 Å². The van der Waals surface area contributed by atoms with Crippen molar-refractivity contribution in [3.05, 3.63) is 39.0 Å². The molecule has 0 spiro atoms. The minimum absolute atomic E-state index is 0.0278. The maximum atomic E-state index is 13.1. The molecule has 11 heteroatoms. The van der Waals surface area contributed by atoms with Crippen molar-refractivity contribution in [3.8, 4) is 0 Å². The van der Waals surface area contributed by atoms with Gasteiger partial charge in [-0.15, -0.1) is 15.7 Å². The SMILES string of the molecule is CC(O)(CO)c1nc(CO)c(S(N)(=O)=NC(=O)Nc2c3c(cc4c2CC4)CCC3)s1. The first kappa shape index (κ1) is 21.3. The van der Waals surface area contributed by atoms with E-state index in [1.807, 2.05) is 0 Å². The minimum atomic E-state index is -3.72. The van der Waals surface area contributed by atoms with Crippen LogP contribution in [0.15, 0.2) is 14.6 Å². The fraction of sp³-hybridized carbons (Fsp3) is 0.474. The Hall–Kier alpha value is -1.89. The Morgan fingerprint density at radius 2 is 2.00 bits per heavy atom. The third kappa shape index (κ3) is 3.66. The van der Waals surface area contributed by atoms with Gasteiger partial charge >= 0.3 is 6.03 Å². The Morgan fingerprint density at radius 3 is 2.63 bits per heavy atom. The molecule has 6 N–H and O–H groups in total. The Labute approximate surface area is 178 Å². The summed E-state index contributed by atoms with van der Waals surface area (Å²) in [6.07, 6.45) is 4.73. The molecule has 0 fully saturated rings. The zero-order chi connectivity index (χ0) is 21.7. The van der Waals surface area contributed by atoms with E-state index in [0.29, 0.717) is 0 Å². The van der Waals surface area contributed by atoms with E-state index < -0.39 is 34.8 Å². The van der Waals surface area contributed by atoms with Gasteiger partial charge in [0.05, 0.1) is 18.9 Å². The summed E-state index contributed by atoms with van der Waals surface area (Å²) in [7, 11) is -3.72. The molecular weight excluding hydrogens is 428 g/mol.